The number of hydrogen-bond donors (Lipinski definition) is 3. The number of guanidine groups is 1. The molecule has 0 radical (unpaired) electrons. The van der Waals surface area contributed by atoms with E-state index >= 15 is 0 Å². The maximum absolute atomic E-state index is 14.4. The molecular weight excluding hydrogens is 395 g/mol. The maximum atomic E-state index is 14.4. The molecule has 2 aromatic carbocycles. The summed E-state index contributed by atoms with van der Waals surface area (Å²) in [5.41, 5.74) is 2.53. The number of ether oxygens (including phenoxy) is 1. The van der Waals surface area contributed by atoms with Crippen molar-refractivity contribution in [2.75, 3.05) is 18.5 Å². The lowest BCUT2D eigenvalue weighted by Crippen LogP contribution is -2.38. The Hall–Kier alpha value is -3.09. The summed E-state index contributed by atoms with van der Waals surface area (Å²) < 4.78 is 20.0. The average Bonchev–Trinajstić information content (AvgIpc) is 3.55. The smallest absolute Gasteiger partial charge is 0.221 e. The van der Waals surface area contributed by atoms with Crippen molar-refractivity contribution in [2.45, 2.75) is 46.2 Å². The molecule has 0 saturated heterocycles. The first-order chi connectivity index (χ1) is 14.9. The minimum absolute atomic E-state index is 0.110. The van der Waals surface area contributed by atoms with Crippen LogP contribution in [0.1, 0.15) is 50.8 Å². The summed E-state index contributed by atoms with van der Waals surface area (Å²) in [5.74, 6) is 1.07. The van der Waals surface area contributed by atoms with Gasteiger partial charge in [0, 0.05) is 19.2 Å². The van der Waals surface area contributed by atoms with Crippen molar-refractivity contribution in [1.82, 2.24) is 10.6 Å². The van der Waals surface area contributed by atoms with Gasteiger partial charge in [0.05, 0.1) is 19.2 Å². The van der Waals surface area contributed by atoms with Crippen LogP contribution in [0.3, 0.4) is 0 Å². The van der Waals surface area contributed by atoms with Crippen LogP contribution in [-0.4, -0.2) is 25.0 Å². The number of hydrogen-bond acceptors (Lipinski definition) is 3. The number of nitrogens with one attached hydrogen (secondary N) is 3. The number of rotatable bonds is 9. The van der Waals surface area contributed by atoms with Gasteiger partial charge in [0.1, 0.15) is 0 Å². The van der Waals surface area contributed by atoms with Gasteiger partial charge in [-0.2, -0.15) is 0 Å². The zero-order valence-electron chi connectivity index (χ0n) is 18.4. The highest BCUT2D eigenvalue weighted by Gasteiger charge is 2.22. The van der Waals surface area contributed by atoms with Crippen LogP contribution < -0.4 is 20.7 Å². The van der Waals surface area contributed by atoms with Gasteiger partial charge in [0.15, 0.2) is 17.5 Å². The molecule has 0 spiro atoms. The summed E-state index contributed by atoms with van der Waals surface area (Å²) in [6.45, 7) is 7.16. The third-order valence-corrected chi connectivity index (χ3v) is 4.99. The van der Waals surface area contributed by atoms with Crippen molar-refractivity contribution in [3.8, 4) is 5.75 Å². The Labute approximate surface area is 183 Å². The molecule has 0 aliphatic heterocycles. The summed E-state index contributed by atoms with van der Waals surface area (Å²) in [4.78, 5) is 15.9. The number of benzene rings is 2. The highest BCUT2D eigenvalue weighted by molar-refractivity contribution is 5.88. The van der Waals surface area contributed by atoms with Crippen molar-refractivity contribution in [3.63, 3.8) is 0 Å². The maximum Gasteiger partial charge on any atom is 0.221 e. The molecule has 0 aromatic heterocycles. The Morgan fingerprint density at radius 1 is 1.26 bits per heavy atom. The van der Waals surface area contributed by atoms with Gasteiger partial charge in [-0.15, -0.1) is 0 Å². The van der Waals surface area contributed by atoms with Crippen molar-refractivity contribution >= 4 is 17.6 Å². The Morgan fingerprint density at radius 2 is 2.06 bits per heavy atom. The molecule has 1 amide bonds. The van der Waals surface area contributed by atoms with Gasteiger partial charge in [0.2, 0.25) is 5.91 Å². The largest absolute Gasteiger partial charge is 0.490 e. The molecular formula is C24H31FN4O2. The lowest BCUT2D eigenvalue weighted by Gasteiger charge is -2.19. The van der Waals surface area contributed by atoms with Crippen LogP contribution in [0.15, 0.2) is 47.5 Å². The van der Waals surface area contributed by atoms with E-state index in [1.54, 1.807) is 6.07 Å². The van der Waals surface area contributed by atoms with Crippen LogP contribution in [0.5, 0.6) is 5.75 Å². The monoisotopic (exact) mass is 426 g/mol. The number of carbonyl (C=O) groups is 1. The van der Waals surface area contributed by atoms with E-state index in [0.717, 1.165) is 16.8 Å². The second-order valence-corrected chi connectivity index (χ2v) is 7.89. The molecule has 166 valence electrons. The summed E-state index contributed by atoms with van der Waals surface area (Å²) in [6, 6.07) is 12.5. The quantitative estimate of drug-likeness (QED) is 0.411. The standard InChI is InChI=1S/C24H31FN4O2/c1-4-26-24(27-14-19-6-5-7-21(12-19)29-17(3)30)28-16(2)20-10-11-23(22(25)13-20)31-15-18-8-9-18/h5-7,10-13,16,18H,4,8-9,14-15H2,1-3H3,(H,29,30)(H2,26,27,28). The molecule has 2 aromatic rings. The van der Waals surface area contributed by atoms with E-state index in [-0.39, 0.29) is 17.8 Å². The minimum atomic E-state index is -0.344. The van der Waals surface area contributed by atoms with E-state index in [4.69, 9.17) is 4.74 Å². The Balaban J connectivity index is 1.63. The minimum Gasteiger partial charge on any atom is -0.490 e. The van der Waals surface area contributed by atoms with E-state index in [0.29, 0.717) is 37.3 Å². The number of aliphatic imine (C=N–C) groups is 1. The Morgan fingerprint density at radius 3 is 2.74 bits per heavy atom. The first kappa shape index (κ1) is 22.6. The van der Waals surface area contributed by atoms with Gasteiger partial charge in [-0.25, -0.2) is 9.38 Å². The van der Waals surface area contributed by atoms with E-state index in [1.165, 1.54) is 25.8 Å². The van der Waals surface area contributed by atoms with E-state index in [9.17, 15) is 9.18 Å². The van der Waals surface area contributed by atoms with Gasteiger partial charge in [0.25, 0.3) is 0 Å². The molecule has 31 heavy (non-hydrogen) atoms. The summed E-state index contributed by atoms with van der Waals surface area (Å²) in [5, 5.41) is 9.31. The molecule has 1 aliphatic rings. The molecule has 0 heterocycles. The number of carbonyl (C=O) groups excluding carboxylic acids is 1. The van der Waals surface area contributed by atoms with E-state index in [2.05, 4.69) is 20.9 Å². The lowest BCUT2D eigenvalue weighted by molar-refractivity contribution is -0.114. The van der Waals surface area contributed by atoms with Gasteiger partial charge >= 0.3 is 0 Å². The molecule has 6 nitrogen and oxygen atoms in total. The van der Waals surface area contributed by atoms with Gasteiger partial charge < -0.3 is 20.7 Å². The molecule has 7 heteroatoms. The van der Waals surface area contributed by atoms with Crippen LogP contribution in [0.25, 0.3) is 0 Å². The van der Waals surface area contributed by atoms with Gasteiger partial charge in [-0.05, 0) is 68.0 Å². The molecule has 1 unspecified atom stereocenters. The summed E-state index contributed by atoms with van der Waals surface area (Å²) in [7, 11) is 0. The lowest BCUT2D eigenvalue weighted by atomic mass is 10.1. The van der Waals surface area contributed by atoms with Crippen molar-refractivity contribution in [2.24, 2.45) is 10.9 Å². The zero-order chi connectivity index (χ0) is 22.2. The molecule has 1 aliphatic carbocycles. The summed E-state index contributed by atoms with van der Waals surface area (Å²) in [6.07, 6.45) is 2.34. The average molecular weight is 427 g/mol. The third-order valence-electron chi connectivity index (χ3n) is 4.99. The number of anilines is 1. The molecule has 3 N–H and O–H groups in total. The van der Waals surface area contributed by atoms with Crippen molar-refractivity contribution < 1.29 is 13.9 Å². The Kier molecular flexibility index (Phi) is 7.87. The van der Waals surface area contributed by atoms with Gasteiger partial charge in [-0.3, -0.25) is 4.79 Å². The van der Waals surface area contributed by atoms with Crippen molar-refractivity contribution in [1.29, 1.82) is 0 Å². The second-order valence-electron chi connectivity index (χ2n) is 7.89. The van der Waals surface area contributed by atoms with Crippen LogP contribution in [0.4, 0.5) is 10.1 Å². The Bertz CT molecular complexity index is 928. The fraction of sp³-hybridized carbons (Fsp3) is 0.417. The van der Waals surface area contributed by atoms with Crippen LogP contribution in [-0.2, 0) is 11.3 Å². The van der Waals surface area contributed by atoms with Crippen LogP contribution in [0, 0.1) is 11.7 Å². The zero-order valence-corrected chi connectivity index (χ0v) is 18.4. The number of nitrogens with zero attached hydrogens (tertiary/aromatic N) is 1. The highest BCUT2D eigenvalue weighted by atomic mass is 19.1. The summed E-state index contributed by atoms with van der Waals surface area (Å²) >= 11 is 0. The second kappa shape index (κ2) is 10.8. The topological polar surface area (TPSA) is 74.8 Å². The molecule has 1 fully saturated rings. The van der Waals surface area contributed by atoms with Crippen LogP contribution in [0.2, 0.25) is 0 Å². The first-order valence-electron chi connectivity index (χ1n) is 10.8. The third kappa shape index (κ3) is 7.27. The number of amides is 1. The molecule has 1 saturated carbocycles. The predicted molar refractivity (Wildman–Crippen MR) is 122 cm³/mol. The SMILES string of the molecule is CCNC(=NCc1cccc(NC(C)=O)c1)NC(C)c1ccc(OCC2CC2)c(F)c1. The predicted octanol–water partition coefficient (Wildman–Crippen LogP) is 4.39. The molecule has 1 atom stereocenters. The molecule has 0 bridgehead atoms. The number of halogens is 1. The molecule has 3 rings (SSSR count). The highest BCUT2D eigenvalue weighted by Crippen LogP contribution is 2.30. The van der Waals surface area contributed by atoms with Crippen LogP contribution >= 0.6 is 0 Å². The first-order valence-corrected chi connectivity index (χ1v) is 10.8. The van der Waals surface area contributed by atoms with Crippen molar-refractivity contribution in [3.05, 3.63) is 59.4 Å². The fourth-order valence-corrected chi connectivity index (χ4v) is 3.13. The van der Waals surface area contributed by atoms with Gasteiger partial charge in [-0.1, -0.05) is 18.2 Å². The fourth-order valence-electron chi connectivity index (χ4n) is 3.13. The van der Waals surface area contributed by atoms with E-state index < -0.39 is 0 Å². The normalized spacial score (nSPS) is 14.6. The van der Waals surface area contributed by atoms with E-state index in [1.807, 2.05) is 44.2 Å².